The summed E-state index contributed by atoms with van der Waals surface area (Å²) in [6.07, 6.45) is 4.76. The van der Waals surface area contributed by atoms with Crippen LogP contribution < -0.4 is 11.1 Å². The predicted molar refractivity (Wildman–Crippen MR) is 73.9 cm³/mol. The summed E-state index contributed by atoms with van der Waals surface area (Å²) >= 11 is 0. The molecule has 1 heterocycles. The van der Waals surface area contributed by atoms with Crippen molar-refractivity contribution in [2.75, 3.05) is 11.1 Å². The molecule has 2 aromatic rings. The fourth-order valence-corrected chi connectivity index (χ4v) is 2.44. The largest absolute Gasteiger partial charge is 0.508 e. The maximum atomic E-state index is 9.78. The first-order valence-corrected chi connectivity index (χ1v) is 6.38. The Hall–Kier alpha value is -2.30. The molecule has 0 bridgehead atoms. The number of hydrogen-bond donors (Lipinski definition) is 3. The van der Waals surface area contributed by atoms with Crippen LogP contribution in [-0.2, 0) is 19.4 Å². The van der Waals surface area contributed by atoms with Gasteiger partial charge in [0.25, 0.3) is 0 Å². The number of nitrogen functional groups attached to an aromatic ring is 1. The quantitative estimate of drug-likeness (QED) is 0.576. The average molecular weight is 256 g/mol. The molecule has 1 aromatic heterocycles. The van der Waals surface area contributed by atoms with E-state index < -0.39 is 0 Å². The third-order valence-corrected chi connectivity index (χ3v) is 3.42. The van der Waals surface area contributed by atoms with Gasteiger partial charge in [-0.2, -0.15) is 0 Å². The van der Waals surface area contributed by atoms with E-state index in [2.05, 4.69) is 15.3 Å². The smallest absolute Gasteiger partial charge is 0.133 e. The number of anilines is 2. The molecule has 0 aliphatic heterocycles. The fourth-order valence-electron chi connectivity index (χ4n) is 2.44. The van der Waals surface area contributed by atoms with E-state index in [4.69, 9.17) is 5.73 Å². The van der Waals surface area contributed by atoms with Crippen molar-refractivity contribution in [2.24, 2.45) is 0 Å². The topological polar surface area (TPSA) is 84.1 Å². The van der Waals surface area contributed by atoms with Gasteiger partial charge < -0.3 is 16.2 Å². The van der Waals surface area contributed by atoms with E-state index in [-0.39, 0.29) is 5.75 Å². The van der Waals surface area contributed by atoms with Crippen LogP contribution in [0.4, 0.5) is 11.5 Å². The first kappa shape index (κ1) is 11.8. The van der Waals surface area contributed by atoms with Crippen LogP contribution in [0, 0.1) is 0 Å². The molecule has 0 saturated carbocycles. The van der Waals surface area contributed by atoms with Crippen LogP contribution in [0.3, 0.4) is 0 Å². The number of nitrogens with two attached hydrogens (primary N) is 1. The molecule has 3 rings (SSSR count). The summed E-state index contributed by atoms with van der Waals surface area (Å²) < 4.78 is 0. The Morgan fingerprint density at radius 1 is 1.26 bits per heavy atom. The number of nitrogens with one attached hydrogen (secondary N) is 1. The summed E-state index contributed by atoms with van der Waals surface area (Å²) in [4.78, 5) is 8.57. The second kappa shape index (κ2) is 4.76. The lowest BCUT2D eigenvalue weighted by Gasteiger charge is -2.11. The molecule has 5 heteroatoms. The molecule has 1 aliphatic rings. The normalized spacial score (nSPS) is 13.3. The number of phenolic OH excluding ortho intramolecular Hbond substituents is 1. The van der Waals surface area contributed by atoms with E-state index in [0.717, 1.165) is 36.3 Å². The van der Waals surface area contributed by atoms with Gasteiger partial charge in [0.1, 0.15) is 17.9 Å². The molecule has 98 valence electrons. The lowest BCUT2D eigenvalue weighted by molar-refractivity contribution is 0.469. The Labute approximate surface area is 111 Å². The number of benzene rings is 1. The number of rotatable bonds is 3. The zero-order valence-corrected chi connectivity index (χ0v) is 10.6. The minimum atomic E-state index is 0.243. The number of aryl methyl sites for hydroxylation is 1. The highest BCUT2D eigenvalue weighted by atomic mass is 16.3. The number of aromatic hydroxyl groups is 1. The highest BCUT2D eigenvalue weighted by molar-refractivity contribution is 5.51. The van der Waals surface area contributed by atoms with Gasteiger partial charge in [-0.3, -0.25) is 0 Å². The second-order valence-corrected chi connectivity index (χ2v) is 4.74. The molecule has 1 aliphatic carbocycles. The summed E-state index contributed by atoms with van der Waals surface area (Å²) in [5.41, 5.74) is 9.47. The molecule has 0 amide bonds. The highest BCUT2D eigenvalue weighted by Crippen LogP contribution is 2.26. The first-order chi connectivity index (χ1) is 9.24. The molecule has 0 saturated heterocycles. The molecule has 1 aromatic carbocycles. The van der Waals surface area contributed by atoms with Crippen molar-refractivity contribution in [2.45, 2.75) is 25.8 Å². The van der Waals surface area contributed by atoms with E-state index in [1.807, 2.05) is 0 Å². The van der Waals surface area contributed by atoms with Gasteiger partial charge in [-0.1, -0.05) is 0 Å². The summed E-state index contributed by atoms with van der Waals surface area (Å²) in [6, 6.07) is 5.06. The van der Waals surface area contributed by atoms with Crippen LogP contribution in [0.25, 0.3) is 0 Å². The van der Waals surface area contributed by atoms with Gasteiger partial charge in [0.2, 0.25) is 0 Å². The van der Waals surface area contributed by atoms with E-state index in [1.165, 1.54) is 5.56 Å². The minimum absolute atomic E-state index is 0.243. The Balaban J connectivity index is 1.80. The van der Waals surface area contributed by atoms with Crippen molar-refractivity contribution in [3.8, 4) is 5.75 Å². The van der Waals surface area contributed by atoms with E-state index in [9.17, 15) is 5.11 Å². The fraction of sp³-hybridized carbons (Fsp3) is 0.286. The average Bonchev–Trinajstić information content (AvgIpc) is 2.88. The Morgan fingerprint density at radius 2 is 2.16 bits per heavy atom. The van der Waals surface area contributed by atoms with Gasteiger partial charge >= 0.3 is 0 Å². The first-order valence-electron chi connectivity index (χ1n) is 6.38. The van der Waals surface area contributed by atoms with Crippen LogP contribution in [0.2, 0.25) is 0 Å². The Morgan fingerprint density at radius 3 is 3.05 bits per heavy atom. The van der Waals surface area contributed by atoms with Crippen LogP contribution >= 0.6 is 0 Å². The molecule has 0 atom stereocenters. The molecule has 0 unspecified atom stereocenters. The van der Waals surface area contributed by atoms with Crippen LogP contribution in [0.5, 0.6) is 5.75 Å². The minimum Gasteiger partial charge on any atom is -0.508 e. The molecular weight excluding hydrogens is 240 g/mol. The second-order valence-electron chi connectivity index (χ2n) is 4.74. The Kier molecular flexibility index (Phi) is 2.95. The van der Waals surface area contributed by atoms with Crippen molar-refractivity contribution in [3.05, 3.63) is 41.3 Å². The predicted octanol–water partition coefficient (Wildman–Crippen LogP) is 1.87. The van der Waals surface area contributed by atoms with Gasteiger partial charge in [-0.25, -0.2) is 9.97 Å². The third kappa shape index (κ3) is 2.31. The summed E-state index contributed by atoms with van der Waals surface area (Å²) in [7, 11) is 0. The maximum Gasteiger partial charge on any atom is 0.133 e. The molecule has 4 N–H and O–H groups in total. The SMILES string of the molecule is Nc1ccc(O)c(CNc2ncnc3c2CCC3)c1. The van der Waals surface area contributed by atoms with Crippen LogP contribution in [-0.4, -0.2) is 15.1 Å². The van der Waals surface area contributed by atoms with Gasteiger partial charge in [0.05, 0.1) is 0 Å². The zero-order valence-electron chi connectivity index (χ0n) is 10.6. The van der Waals surface area contributed by atoms with Crippen molar-refractivity contribution < 1.29 is 5.11 Å². The summed E-state index contributed by atoms with van der Waals surface area (Å²) in [6.45, 7) is 0.500. The summed E-state index contributed by atoms with van der Waals surface area (Å²) in [5.74, 6) is 1.11. The van der Waals surface area contributed by atoms with Crippen molar-refractivity contribution in [1.29, 1.82) is 0 Å². The van der Waals surface area contributed by atoms with E-state index in [0.29, 0.717) is 12.2 Å². The number of hydrogen-bond acceptors (Lipinski definition) is 5. The Bertz CT molecular complexity index is 612. The van der Waals surface area contributed by atoms with Crippen LogP contribution in [0.1, 0.15) is 23.2 Å². The summed E-state index contributed by atoms with van der Waals surface area (Å²) in [5, 5.41) is 13.0. The van der Waals surface area contributed by atoms with Crippen molar-refractivity contribution in [1.82, 2.24) is 9.97 Å². The molecule has 0 fully saturated rings. The zero-order chi connectivity index (χ0) is 13.2. The molecule has 5 nitrogen and oxygen atoms in total. The third-order valence-electron chi connectivity index (χ3n) is 3.42. The van der Waals surface area contributed by atoms with Crippen LogP contribution in [0.15, 0.2) is 24.5 Å². The maximum absolute atomic E-state index is 9.78. The van der Waals surface area contributed by atoms with Gasteiger partial charge in [-0.15, -0.1) is 0 Å². The molecule has 0 spiro atoms. The van der Waals surface area contributed by atoms with E-state index >= 15 is 0 Å². The van der Waals surface area contributed by atoms with Crippen molar-refractivity contribution >= 4 is 11.5 Å². The van der Waals surface area contributed by atoms with Gasteiger partial charge in [0, 0.05) is 29.1 Å². The monoisotopic (exact) mass is 256 g/mol. The molecule has 0 radical (unpaired) electrons. The number of aromatic nitrogens is 2. The molecule has 19 heavy (non-hydrogen) atoms. The lowest BCUT2D eigenvalue weighted by atomic mass is 10.1. The van der Waals surface area contributed by atoms with Gasteiger partial charge in [0.15, 0.2) is 0 Å². The highest BCUT2D eigenvalue weighted by Gasteiger charge is 2.16. The van der Waals surface area contributed by atoms with Gasteiger partial charge in [-0.05, 0) is 37.5 Å². The lowest BCUT2D eigenvalue weighted by Crippen LogP contribution is -2.06. The number of fused-ring (bicyclic) bond motifs is 1. The number of phenols is 1. The number of nitrogens with zero attached hydrogens (tertiary/aromatic N) is 2. The molecular formula is C14H16N4O. The van der Waals surface area contributed by atoms with Crippen molar-refractivity contribution in [3.63, 3.8) is 0 Å². The van der Waals surface area contributed by atoms with E-state index in [1.54, 1.807) is 24.5 Å². The standard InChI is InChI=1S/C14H16N4O/c15-10-4-5-13(19)9(6-10)7-16-14-11-2-1-3-12(11)17-8-18-14/h4-6,8,19H,1-3,7,15H2,(H,16,17,18).